The van der Waals surface area contributed by atoms with Gasteiger partial charge in [0.25, 0.3) is 0 Å². The molecule has 0 bridgehead atoms. The average molecular weight is 396 g/mol. The van der Waals surface area contributed by atoms with Crippen molar-refractivity contribution in [3.8, 4) is 0 Å². The van der Waals surface area contributed by atoms with Crippen LogP contribution in [-0.4, -0.2) is 30.9 Å². The molecule has 8 heteroatoms. The molecule has 0 saturated heterocycles. The van der Waals surface area contributed by atoms with Crippen LogP contribution >= 0.6 is 12.2 Å². The van der Waals surface area contributed by atoms with Gasteiger partial charge in [-0.1, -0.05) is 19.9 Å². The Bertz CT molecular complexity index is 880. The first-order valence-electron chi connectivity index (χ1n) is 8.22. The molecule has 0 aliphatic carbocycles. The minimum Gasteiger partial charge on any atom is -0.332 e. The number of hydrogen-bond donors (Lipinski definition) is 2. The van der Waals surface area contributed by atoms with Gasteiger partial charge >= 0.3 is 0 Å². The van der Waals surface area contributed by atoms with Gasteiger partial charge in [0.2, 0.25) is 10.0 Å². The normalized spacial score (nSPS) is 11.4. The number of nitrogens with zero attached hydrogens (tertiary/aromatic N) is 1. The highest BCUT2D eigenvalue weighted by Crippen LogP contribution is 2.26. The molecule has 0 aliphatic heterocycles. The lowest BCUT2D eigenvalue weighted by molar-refractivity contribution is 0.445. The highest BCUT2D eigenvalue weighted by atomic mass is 32.2. The monoisotopic (exact) mass is 395 g/mol. The van der Waals surface area contributed by atoms with Crippen molar-refractivity contribution in [2.45, 2.75) is 25.7 Å². The van der Waals surface area contributed by atoms with Crippen LogP contribution in [0.2, 0.25) is 0 Å². The van der Waals surface area contributed by atoms with E-state index in [1.807, 2.05) is 13.0 Å². The number of benzene rings is 2. The van der Waals surface area contributed by atoms with Gasteiger partial charge in [-0.2, -0.15) is 4.31 Å². The number of anilines is 2. The molecule has 0 radical (unpaired) electrons. The van der Waals surface area contributed by atoms with Gasteiger partial charge < -0.3 is 10.6 Å². The Morgan fingerprint density at radius 1 is 1.08 bits per heavy atom. The van der Waals surface area contributed by atoms with Crippen molar-refractivity contribution < 1.29 is 12.8 Å². The van der Waals surface area contributed by atoms with Crippen molar-refractivity contribution in [1.29, 1.82) is 0 Å². The predicted octanol–water partition coefficient (Wildman–Crippen LogP) is 3.97. The van der Waals surface area contributed by atoms with Crippen molar-refractivity contribution >= 4 is 38.7 Å². The molecule has 2 aromatic rings. The Morgan fingerprint density at radius 3 is 2.27 bits per heavy atom. The molecule has 26 heavy (non-hydrogen) atoms. The van der Waals surface area contributed by atoms with Crippen molar-refractivity contribution in [3.05, 3.63) is 53.8 Å². The largest absolute Gasteiger partial charge is 0.332 e. The molecule has 0 aromatic heterocycles. The lowest BCUT2D eigenvalue weighted by Gasteiger charge is -2.21. The number of halogens is 1. The number of sulfonamides is 1. The first-order chi connectivity index (χ1) is 12.3. The van der Waals surface area contributed by atoms with Crippen molar-refractivity contribution in [3.63, 3.8) is 0 Å². The van der Waals surface area contributed by atoms with E-state index >= 15 is 0 Å². The summed E-state index contributed by atoms with van der Waals surface area (Å²) in [5, 5.41) is 6.06. The van der Waals surface area contributed by atoms with Crippen LogP contribution in [0.5, 0.6) is 0 Å². The number of hydrogen-bond acceptors (Lipinski definition) is 3. The molecule has 0 heterocycles. The van der Waals surface area contributed by atoms with Gasteiger partial charge in [0, 0.05) is 18.8 Å². The smallest absolute Gasteiger partial charge is 0.245 e. The third-order valence-corrected chi connectivity index (χ3v) is 6.10. The summed E-state index contributed by atoms with van der Waals surface area (Å²) in [7, 11) is -3.64. The lowest BCUT2D eigenvalue weighted by Crippen LogP contribution is -2.31. The van der Waals surface area contributed by atoms with Gasteiger partial charge in [0.15, 0.2) is 5.11 Å². The summed E-state index contributed by atoms with van der Waals surface area (Å²) in [6, 6.07) is 10.8. The summed E-state index contributed by atoms with van der Waals surface area (Å²) in [6.45, 7) is 6.18. The van der Waals surface area contributed by atoms with Crippen LogP contribution in [0.3, 0.4) is 0 Å². The second-order valence-corrected chi connectivity index (χ2v) is 7.99. The Balaban J connectivity index is 2.29. The molecule has 0 atom stereocenters. The Hall–Kier alpha value is -2.03. The topological polar surface area (TPSA) is 61.4 Å². The Kier molecular flexibility index (Phi) is 6.69. The van der Waals surface area contributed by atoms with E-state index < -0.39 is 10.0 Å². The predicted molar refractivity (Wildman–Crippen MR) is 108 cm³/mol. The second kappa shape index (κ2) is 8.57. The van der Waals surface area contributed by atoms with Crippen LogP contribution in [0.4, 0.5) is 15.8 Å². The first kappa shape index (κ1) is 20.3. The summed E-state index contributed by atoms with van der Waals surface area (Å²) in [4.78, 5) is 0.171. The lowest BCUT2D eigenvalue weighted by atomic mass is 10.2. The number of rotatable bonds is 6. The van der Waals surface area contributed by atoms with Crippen LogP contribution in [-0.2, 0) is 10.0 Å². The number of aryl methyl sites for hydroxylation is 1. The molecule has 5 nitrogen and oxygen atoms in total. The molecule has 2 aromatic carbocycles. The van der Waals surface area contributed by atoms with E-state index in [4.69, 9.17) is 12.2 Å². The van der Waals surface area contributed by atoms with E-state index in [2.05, 4.69) is 10.6 Å². The molecule has 2 rings (SSSR count). The summed E-state index contributed by atoms with van der Waals surface area (Å²) in [5.41, 5.74) is 1.82. The van der Waals surface area contributed by atoms with Crippen LogP contribution < -0.4 is 10.6 Å². The Labute approximate surface area is 159 Å². The molecule has 2 N–H and O–H groups in total. The van der Waals surface area contributed by atoms with Gasteiger partial charge in [-0.25, -0.2) is 12.8 Å². The molecule has 0 spiro atoms. The van der Waals surface area contributed by atoms with Crippen LogP contribution in [0.1, 0.15) is 19.4 Å². The summed E-state index contributed by atoms with van der Waals surface area (Å²) in [5.74, 6) is -0.347. The third kappa shape index (κ3) is 4.78. The minimum atomic E-state index is -3.64. The van der Waals surface area contributed by atoms with Gasteiger partial charge in [0.05, 0.1) is 5.69 Å². The van der Waals surface area contributed by atoms with E-state index in [1.165, 1.54) is 16.4 Å². The summed E-state index contributed by atoms with van der Waals surface area (Å²) in [6.07, 6.45) is 0. The standard InChI is InChI=1S/C18H22FN3O2S2/c1-4-22(5-2)26(23,24)17-12-13(3)6-11-16(17)21-18(25)20-15-9-7-14(19)8-10-15/h6-12H,4-5H2,1-3H3,(H2,20,21,25). The van der Waals surface area contributed by atoms with Crippen molar-refractivity contribution in [2.75, 3.05) is 23.7 Å². The molecule has 0 unspecified atom stereocenters. The summed E-state index contributed by atoms with van der Waals surface area (Å²) >= 11 is 5.26. The molecule has 0 fully saturated rings. The van der Waals surface area contributed by atoms with Crippen LogP contribution in [0.15, 0.2) is 47.4 Å². The minimum absolute atomic E-state index is 0.171. The van der Waals surface area contributed by atoms with Crippen molar-refractivity contribution in [1.82, 2.24) is 4.31 Å². The molecule has 140 valence electrons. The van der Waals surface area contributed by atoms with E-state index in [0.717, 1.165) is 5.56 Å². The number of nitrogens with one attached hydrogen (secondary N) is 2. The SMILES string of the molecule is CCN(CC)S(=O)(=O)c1cc(C)ccc1NC(=S)Nc1ccc(F)cc1. The summed E-state index contributed by atoms with van der Waals surface area (Å²) < 4.78 is 40.2. The highest BCUT2D eigenvalue weighted by molar-refractivity contribution is 7.89. The van der Waals surface area contributed by atoms with Gasteiger partial charge in [-0.05, 0) is 61.1 Å². The highest BCUT2D eigenvalue weighted by Gasteiger charge is 2.25. The van der Waals surface area contributed by atoms with Gasteiger partial charge in [-0.3, -0.25) is 0 Å². The van der Waals surface area contributed by atoms with Crippen LogP contribution in [0.25, 0.3) is 0 Å². The fourth-order valence-corrected chi connectivity index (χ4v) is 4.38. The van der Waals surface area contributed by atoms with Crippen LogP contribution in [0, 0.1) is 12.7 Å². The fraction of sp³-hybridized carbons (Fsp3) is 0.278. The van der Waals surface area contributed by atoms with E-state index in [0.29, 0.717) is 24.5 Å². The maximum Gasteiger partial charge on any atom is 0.245 e. The maximum atomic E-state index is 13.0. The zero-order valence-corrected chi connectivity index (χ0v) is 16.5. The van der Waals surface area contributed by atoms with E-state index in [9.17, 15) is 12.8 Å². The molecule has 0 aliphatic rings. The second-order valence-electron chi connectivity index (χ2n) is 5.67. The first-order valence-corrected chi connectivity index (χ1v) is 10.1. The average Bonchev–Trinajstić information content (AvgIpc) is 2.59. The number of thiocarbonyl (C=S) groups is 1. The molecular weight excluding hydrogens is 373 g/mol. The zero-order valence-electron chi connectivity index (χ0n) is 14.9. The zero-order chi connectivity index (χ0) is 19.3. The quantitative estimate of drug-likeness (QED) is 0.725. The molecular formula is C18H22FN3O2S2. The van der Waals surface area contributed by atoms with Gasteiger partial charge in [-0.15, -0.1) is 0 Å². The fourth-order valence-electron chi connectivity index (χ4n) is 2.47. The Morgan fingerprint density at radius 2 is 1.69 bits per heavy atom. The van der Waals surface area contributed by atoms with Crippen molar-refractivity contribution in [2.24, 2.45) is 0 Å². The van der Waals surface area contributed by atoms with E-state index in [-0.39, 0.29) is 15.8 Å². The molecule has 0 saturated carbocycles. The van der Waals surface area contributed by atoms with E-state index in [1.54, 1.807) is 38.1 Å². The third-order valence-electron chi connectivity index (χ3n) is 3.81. The maximum absolute atomic E-state index is 13.0. The van der Waals surface area contributed by atoms with Gasteiger partial charge in [0.1, 0.15) is 10.7 Å². The molecule has 0 amide bonds.